The minimum atomic E-state index is -0.952. The molecule has 0 aliphatic rings. The molecule has 124 valence electrons. The van der Waals surface area contributed by atoms with Gasteiger partial charge in [-0.1, -0.05) is 0 Å². The van der Waals surface area contributed by atoms with E-state index in [0.717, 1.165) is 11.8 Å². The highest BCUT2D eigenvalue weighted by atomic mass is 32.2. The number of nitrogens with one attached hydrogen (secondary N) is 2. The average molecular weight is 339 g/mol. The molecule has 0 aromatic heterocycles. The summed E-state index contributed by atoms with van der Waals surface area (Å²) in [7, 11) is 0. The molecule has 8 nitrogen and oxygen atoms in total. The van der Waals surface area contributed by atoms with E-state index in [1.165, 1.54) is 26.0 Å². The van der Waals surface area contributed by atoms with Crippen LogP contribution in [0.5, 0.6) is 5.75 Å². The first-order valence-corrected chi connectivity index (χ1v) is 7.55. The van der Waals surface area contributed by atoms with Gasteiger partial charge in [-0.3, -0.25) is 14.4 Å². The Kier molecular flexibility index (Phi) is 7.07. The monoisotopic (exact) mass is 339 g/mol. The summed E-state index contributed by atoms with van der Waals surface area (Å²) in [6.45, 7) is 2.63. The molecule has 1 aromatic carbocycles. The number of primary amides is 1. The summed E-state index contributed by atoms with van der Waals surface area (Å²) in [5.74, 6) is -1.11. The van der Waals surface area contributed by atoms with Gasteiger partial charge in [0.1, 0.15) is 11.8 Å². The zero-order chi connectivity index (χ0) is 17.4. The Morgan fingerprint density at radius 3 is 2.22 bits per heavy atom. The van der Waals surface area contributed by atoms with Gasteiger partial charge < -0.3 is 21.1 Å². The Morgan fingerprint density at radius 2 is 1.74 bits per heavy atom. The zero-order valence-corrected chi connectivity index (χ0v) is 13.4. The molecule has 0 fully saturated rings. The summed E-state index contributed by atoms with van der Waals surface area (Å²) in [6.07, 6.45) is 0. The van der Waals surface area contributed by atoms with Crippen molar-refractivity contribution >= 4 is 40.5 Å². The van der Waals surface area contributed by atoms with Crippen molar-refractivity contribution in [3.63, 3.8) is 0 Å². The molecule has 0 unspecified atom stereocenters. The van der Waals surface area contributed by atoms with Crippen LogP contribution in [0.1, 0.15) is 13.8 Å². The van der Waals surface area contributed by atoms with Crippen LogP contribution < -0.4 is 21.1 Å². The highest BCUT2D eigenvalue weighted by Crippen LogP contribution is 2.18. The summed E-state index contributed by atoms with van der Waals surface area (Å²) in [4.78, 5) is 44.7. The molecule has 0 spiro atoms. The van der Waals surface area contributed by atoms with Crippen LogP contribution in [-0.2, 0) is 14.4 Å². The van der Waals surface area contributed by atoms with E-state index < -0.39 is 23.2 Å². The molecule has 0 saturated heterocycles. The van der Waals surface area contributed by atoms with E-state index in [1.54, 1.807) is 12.1 Å². The third-order valence-corrected chi connectivity index (χ3v) is 3.28. The third kappa shape index (κ3) is 7.32. The molecule has 0 aliphatic heterocycles. The summed E-state index contributed by atoms with van der Waals surface area (Å²) < 4.78 is 5.06. The van der Waals surface area contributed by atoms with E-state index in [4.69, 9.17) is 10.5 Å². The lowest BCUT2D eigenvalue weighted by Crippen LogP contribution is -2.45. The summed E-state index contributed by atoms with van der Waals surface area (Å²) >= 11 is 0.718. The maximum atomic E-state index is 11.7. The van der Waals surface area contributed by atoms with Crippen molar-refractivity contribution in [3.05, 3.63) is 24.3 Å². The molecule has 3 amide bonds. The zero-order valence-electron chi connectivity index (χ0n) is 12.6. The van der Waals surface area contributed by atoms with Gasteiger partial charge in [0.05, 0.1) is 0 Å². The standard InChI is InChI=1S/C14H17N3O5S/c1-8(18)16-10-3-5-11(6-4-10)22-14(21)23-7-12(13(15)20)17-9(2)19/h3-6,12H,7H2,1-2H3,(H2,15,20)(H,16,18)(H,17,19)/t12-/m1/s1. The van der Waals surface area contributed by atoms with Crippen LogP contribution >= 0.6 is 11.8 Å². The Hall–Kier alpha value is -2.55. The fraction of sp³-hybridized carbons (Fsp3) is 0.286. The van der Waals surface area contributed by atoms with E-state index in [-0.39, 0.29) is 17.4 Å². The molecular weight excluding hydrogens is 322 g/mol. The van der Waals surface area contributed by atoms with Crippen molar-refractivity contribution < 1.29 is 23.9 Å². The molecule has 9 heteroatoms. The number of anilines is 1. The van der Waals surface area contributed by atoms with Crippen molar-refractivity contribution in [1.82, 2.24) is 5.32 Å². The van der Waals surface area contributed by atoms with Crippen molar-refractivity contribution in [3.8, 4) is 5.75 Å². The van der Waals surface area contributed by atoms with Crippen LogP contribution in [0, 0.1) is 0 Å². The Morgan fingerprint density at radius 1 is 1.13 bits per heavy atom. The number of hydrogen-bond donors (Lipinski definition) is 3. The Labute approximate surface area is 137 Å². The van der Waals surface area contributed by atoms with Gasteiger partial charge in [0, 0.05) is 25.3 Å². The third-order valence-electron chi connectivity index (χ3n) is 2.46. The molecule has 4 N–H and O–H groups in total. The molecule has 0 aliphatic carbocycles. The van der Waals surface area contributed by atoms with Crippen LogP contribution in [-0.4, -0.2) is 34.8 Å². The quantitative estimate of drug-likeness (QED) is 0.660. The number of hydrogen-bond acceptors (Lipinski definition) is 6. The van der Waals surface area contributed by atoms with Crippen molar-refractivity contribution in [2.45, 2.75) is 19.9 Å². The lowest BCUT2D eigenvalue weighted by Gasteiger charge is -2.13. The van der Waals surface area contributed by atoms with Gasteiger partial charge in [-0.25, -0.2) is 4.79 Å². The minimum absolute atomic E-state index is 0.0300. The summed E-state index contributed by atoms with van der Waals surface area (Å²) in [5, 5.41) is 4.28. The second-order valence-corrected chi connectivity index (χ2v) is 5.48. The fourth-order valence-corrected chi connectivity index (χ4v) is 2.23. The summed E-state index contributed by atoms with van der Waals surface area (Å²) in [6, 6.07) is 5.25. The number of ether oxygens (including phenoxy) is 1. The van der Waals surface area contributed by atoms with E-state index in [1.807, 2.05) is 0 Å². The molecule has 0 saturated carbocycles. The molecule has 23 heavy (non-hydrogen) atoms. The first-order valence-electron chi connectivity index (χ1n) is 6.56. The molecular formula is C14H17N3O5S. The van der Waals surface area contributed by atoms with Crippen molar-refractivity contribution in [2.24, 2.45) is 5.73 Å². The maximum absolute atomic E-state index is 11.7. The average Bonchev–Trinajstić information content (AvgIpc) is 2.44. The van der Waals surface area contributed by atoms with Gasteiger partial charge in [-0.2, -0.15) is 0 Å². The molecule has 1 atom stereocenters. The SMILES string of the molecule is CC(=O)Nc1ccc(OC(=O)SC[C@@H](NC(C)=O)C(N)=O)cc1. The van der Waals surface area contributed by atoms with Crippen LogP contribution in [0.25, 0.3) is 0 Å². The number of carbonyl (C=O) groups is 4. The number of nitrogens with two attached hydrogens (primary N) is 1. The molecule has 1 rings (SSSR count). The van der Waals surface area contributed by atoms with E-state index in [9.17, 15) is 19.2 Å². The van der Waals surface area contributed by atoms with E-state index in [2.05, 4.69) is 10.6 Å². The first-order chi connectivity index (χ1) is 10.8. The minimum Gasteiger partial charge on any atom is -0.418 e. The highest BCUT2D eigenvalue weighted by molar-refractivity contribution is 8.13. The first kappa shape index (κ1) is 18.5. The lowest BCUT2D eigenvalue weighted by molar-refractivity contribution is -0.125. The number of benzene rings is 1. The van der Waals surface area contributed by atoms with Gasteiger partial charge in [0.15, 0.2) is 0 Å². The maximum Gasteiger partial charge on any atom is 0.372 e. The van der Waals surface area contributed by atoms with E-state index >= 15 is 0 Å². The Bertz CT molecular complexity index is 603. The van der Waals surface area contributed by atoms with Gasteiger partial charge >= 0.3 is 5.30 Å². The molecule has 1 aromatic rings. The highest BCUT2D eigenvalue weighted by Gasteiger charge is 2.19. The second kappa shape index (κ2) is 8.79. The van der Waals surface area contributed by atoms with E-state index in [0.29, 0.717) is 5.69 Å². The fourth-order valence-electron chi connectivity index (χ4n) is 1.53. The van der Waals surface area contributed by atoms with Gasteiger partial charge in [-0.05, 0) is 36.0 Å². The Balaban J connectivity index is 2.51. The van der Waals surface area contributed by atoms with Gasteiger partial charge in [-0.15, -0.1) is 0 Å². The van der Waals surface area contributed by atoms with Crippen LogP contribution in [0.2, 0.25) is 0 Å². The number of thioether (sulfide) groups is 1. The smallest absolute Gasteiger partial charge is 0.372 e. The number of carbonyl (C=O) groups excluding carboxylic acids is 4. The molecule has 0 heterocycles. The second-order valence-electron chi connectivity index (χ2n) is 4.52. The normalized spacial score (nSPS) is 11.2. The van der Waals surface area contributed by atoms with Crippen LogP contribution in [0.15, 0.2) is 24.3 Å². The molecule has 0 radical (unpaired) electrons. The largest absolute Gasteiger partial charge is 0.418 e. The van der Waals surface area contributed by atoms with Gasteiger partial charge in [0.25, 0.3) is 0 Å². The lowest BCUT2D eigenvalue weighted by atomic mass is 10.3. The summed E-state index contributed by atoms with van der Waals surface area (Å²) in [5.41, 5.74) is 5.70. The van der Waals surface area contributed by atoms with Crippen LogP contribution in [0.4, 0.5) is 10.5 Å². The van der Waals surface area contributed by atoms with Crippen LogP contribution in [0.3, 0.4) is 0 Å². The molecule has 0 bridgehead atoms. The number of rotatable bonds is 6. The van der Waals surface area contributed by atoms with Crippen molar-refractivity contribution in [1.29, 1.82) is 0 Å². The predicted octanol–water partition coefficient (Wildman–Crippen LogP) is 0.867. The topological polar surface area (TPSA) is 128 Å². The van der Waals surface area contributed by atoms with Gasteiger partial charge in [0.2, 0.25) is 17.7 Å². The number of amides is 3. The van der Waals surface area contributed by atoms with Crippen molar-refractivity contribution in [2.75, 3.05) is 11.1 Å². The predicted molar refractivity (Wildman–Crippen MR) is 86.0 cm³/mol.